The molecule has 1 N–H and O–H groups in total. The van der Waals surface area contributed by atoms with Crippen LogP contribution in [0.4, 0.5) is 17.6 Å². The van der Waals surface area contributed by atoms with E-state index in [0.29, 0.717) is 11.6 Å². The first kappa shape index (κ1) is 16.2. The molecule has 0 aliphatic carbocycles. The van der Waals surface area contributed by atoms with Crippen LogP contribution in [-0.2, 0) is 6.18 Å². The zero-order valence-electron chi connectivity index (χ0n) is 10.4. The van der Waals surface area contributed by atoms with Crippen LogP contribution < -0.4 is 5.32 Å². The van der Waals surface area contributed by atoms with E-state index in [2.05, 4.69) is 5.32 Å². The molecule has 0 amide bonds. The Balaban J connectivity index is 0.00000180. The van der Waals surface area contributed by atoms with Crippen molar-refractivity contribution in [2.24, 2.45) is 5.92 Å². The van der Waals surface area contributed by atoms with Gasteiger partial charge in [0, 0.05) is 0 Å². The Kier molecular flexibility index (Phi) is 5.21. The van der Waals surface area contributed by atoms with Gasteiger partial charge in [0.05, 0.1) is 5.56 Å². The lowest BCUT2D eigenvalue weighted by molar-refractivity contribution is -0.137. The van der Waals surface area contributed by atoms with Crippen molar-refractivity contribution in [2.75, 3.05) is 13.1 Å². The quantitative estimate of drug-likeness (QED) is 0.773. The van der Waals surface area contributed by atoms with Crippen LogP contribution in [0.1, 0.15) is 30.4 Å². The molecule has 0 saturated carbocycles. The monoisotopic (exact) mass is 297 g/mol. The van der Waals surface area contributed by atoms with Crippen molar-refractivity contribution < 1.29 is 17.6 Å². The molecule has 0 unspecified atom stereocenters. The molecule has 108 valence electrons. The summed E-state index contributed by atoms with van der Waals surface area (Å²) in [4.78, 5) is 0. The van der Waals surface area contributed by atoms with E-state index in [0.717, 1.165) is 25.6 Å². The average molecular weight is 298 g/mol. The number of halogens is 5. The van der Waals surface area contributed by atoms with Crippen LogP contribution >= 0.6 is 12.4 Å². The Labute approximate surface area is 115 Å². The highest BCUT2D eigenvalue weighted by Crippen LogP contribution is 2.35. The predicted octanol–water partition coefficient (Wildman–Crippen LogP) is 3.98. The van der Waals surface area contributed by atoms with E-state index in [1.165, 1.54) is 6.07 Å². The summed E-state index contributed by atoms with van der Waals surface area (Å²) < 4.78 is 51.1. The van der Waals surface area contributed by atoms with Crippen molar-refractivity contribution in [1.29, 1.82) is 0 Å². The van der Waals surface area contributed by atoms with Crippen molar-refractivity contribution in [3.05, 3.63) is 35.1 Å². The van der Waals surface area contributed by atoms with Gasteiger partial charge in [0.2, 0.25) is 0 Å². The van der Waals surface area contributed by atoms with Gasteiger partial charge >= 0.3 is 6.18 Å². The zero-order valence-corrected chi connectivity index (χ0v) is 11.2. The zero-order chi connectivity index (χ0) is 13.3. The van der Waals surface area contributed by atoms with Crippen molar-refractivity contribution in [2.45, 2.75) is 25.4 Å². The largest absolute Gasteiger partial charge is 0.416 e. The number of alkyl halides is 3. The second-order valence-electron chi connectivity index (χ2n) is 4.81. The molecule has 1 heterocycles. The molecule has 1 aromatic rings. The fourth-order valence-electron chi connectivity index (χ4n) is 2.48. The summed E-state index contributed by atoms with van der Waals surface area (Å²) in [6.45, 7) is 3.52. The molecule has 19 heavy (non-hydrogen) atoms. The van der Waals surface area contributed by atoms with E-state index in [4.69, 9.17) is 0 Å². The SMILES string of the molecule is C[C@H]1CNCC[C@H]1c1ccc(C(F)(F)F)cc1F.Cl. The molecule has 1 fully saturated rings. The third kappa shape index (κ3) is 3.60. The average Bonchev–Trinajstić information content (AvgIpc) is 2.29. The maximum atomic E-state index is 13.8. The van der Waals surface area contributed by atoms with Crippen molar-refractivity contribution in [3.63, 3.8) is 0 Å². The van der Waals surface area contributed by atoms with Gasteiger partial charge in [0.1, 0.15) is 5.82 Å². The topological polar surface area (TPSA) is 12.0 Å². The number of benzene rings is 1. The highest BCUT2D eigenvalue weighted by Gasteiger charge is 2.32. The van der Waals surface area contributed by atoms with Crippen LogP contribution in [0.2, 0.25) is 0 Å². The first-order valence-electron chi connectivity index (χ1n) is 5.97. The van der Waals surface area contributed by atoms with Crippen LogP contribution in [0, 0.1) is 11.7 Å². The van der Waals surface area contributed by atoms with E-state index >= 15 is 0 Å². The highest BCUT2D eigenvalue weighted by atomic mass is 35.5. The van der Waals surface area contributed by atoms with Crippen LogP contribution in [0.25, 0.3) is 0 Å². The molecule has 2 atom stereocenters. The summed E-state index contributed by atoms with van der Waals surface area (Å²) in [5, 5.41) is 3.19. The maximum Gasteiger partial charge on any atom is 0.416 e. The van der Waals surface area contributed by atoms with Crippen LogP contribution in [-0.4, -0.2) is 13.1 Å². The third-order valence-corrected chi connectivity index (χ3v) is 3.51. The van der Waals surface area contributed by atoms with Crippen LogP contribution in [0.15, 0.2) is 18.2 Å². The Morgan fingerprint density at radius 1 is 1.26 bits per heavy atom. The van der Waals surface area contributed by atoms with E-state index < -0.39 is 17.6 Å². The van der Waals surface area contributed by atoms with Gasteiger partial charge in [0.15, 0.2) is 0 Å². The molecule has 0 radical (unpaired) electrons. The van der Waals surface area contributed by atoms with Gasteiger partial charge in [-0.1, -0.05) is 13.0 Å². The number of hydrogen-bond acceptors (Lipinski definition) is 1. The highest BCUT2D eigenvalue weighted by molar-refractivity contribution is 5.85. The standard InChI is InChI=1S/C13H15F4N.ClH/c1-8-7-18-5-4-10(8)11-3-2-9(6-12(11)14)13(15,16)17;/h2-3,6,8,10,18H,4-5,7H2,1H3;1H/t8-,10+;/m0./s1. The molecule has 1 aliphatic heterocycles. The molecular formula is C13H16ClF4N. The summed E-state index contributed by atoms with van der Waals surface area (Å²) in [6.07, 6.45) is -3.73. The van der Waals surface area contributed by atoms with E-state index in [1.807, 2.05) is 6.92 Å². The summed E-state index contributed by atoms with van der Waals surface area (Å²) in [5.74, 6) is -0.526. The third-order valence-electron chi connectivity index (χ3n) is 3.51. The van der Waals surface area contributed by atoms with Crippen molar-refractivity contribution in [1.82, 2.24) is 5.32 Å². The summed E-state index contributed by atoms with van der Waals surface area (Å²) in [6, 6.07) is 2.85. The van der Waals surface area contributed by atoms with Gasteiger partial charge in [-0.05, 0) is 49.0 Å². The van der Waals surface area contributed by atoms with E-state index in [-0.39, 0.29) is 24.2 Å². The molecule has 2 rings (SSSR count). The molecule has 1 nitrogen and oxygen atoms in total. The fourth-order valence-corrected chi connectivity index (χ4v) is 2.48. The second-order valence-corrected chi connectivity index (χ2v) is 4.81. The van der Waals surface area contributed by atoms with E-state index in [1.54, 1.807) is 0 Å². The molecule has 1 saturated heterocycles. The number of piperidine rings is 1. The number of hydrogen-bond donors (Lipinski definition) is 1. The van der Waals surface area contributed by atoms with Crippen molar-refractivity contribution in [3.8, 4) is 0 Å². The van der Waals surface area contributed by atoms with Gasteiger partial charge in [-0.2, -0.15) is 13.2 Å². The second kappa shape index (κ2) is 6.09. The Bertz CT molecular complexity index is 433. The predicted molar refractivity (Wildman–Crippen MR) is 68.0 cm³/mol. The maximum absolute atomic E-state index is 13.8. The van der Waals surface area contributed by atoms with Gasteiger partial charge in [-0.25, -0.2) is 4.39 Å². The lowest BCUT2D eigenvalue weighted by atomic mass is 9.82. The minimum absolute atomic E-state index is 0. The number of rotatable bonds is 1. The Morgan fingerprint density at radius 3 is 2.47 bits per heavy atom. The van der Waals surface area contributed by atoms with Gasteiger partial charge in [0.25, 0.3) is 0 Å². The normalized spacial score (nSPS) is 23.8. The van der Waals surface area contributed by atoms with Crippen molar-refractivity contribution >= 4 is 12.4 Å². The molecular weight excluding hydrogens is 282 g/mol. The smallest absolute Gasteiger partial charge is 0.316 e. The summed E-state index contributed by atoms with van der Waals surface area (Å²) in [5.41, 5.74) is -0.526. The Hall–Kier alpha value is -0.810. The summed E-state index contributed by atoms with van der Waals surface area (Å²) in [7, 11) is 0. The minimum Gasteiger partial charge on any atom is -0.316 e. The molecule has 0 bridgehead atoms. The first-order chi connectivity index (χ1) is 8.39. The van der Waals surface area contributed by atoms with Gasteiger partial charge in [-0.15, -0.1) is 12.4 Å². The lowest BCUT2D eigenvalue weighted by Crippen LogP contribution is -2.34. The van der Waals surface area contributed by atoms with Gasteiger partial charge < -0.3 is 5.32 Å². The molecule has 1 aromatic carbocycles. The van der Waals surface area contributed by atoms with Gasteiger partial charge in [-0.3, -0.25) is 0 Å². The lowest BCUT2D eigenvalue weighted by Gasteiger charge is -2.30. The first-order valence-corrected chi connectivity index (χ1v) is 5.97. The van der Waals surface area contributed by atoms with Crippen LogP contribution in [0.3, 0.4) is 0 Å². The molecule has 6 heteroatoms. The molecule has 0 aromatic heterocycles. The Morgan fingerprint density at radius 2 is 1.95 bits per heavy atom. The molecule has 1 aliphatic rings. The summed E-state index contributed by atoms with van der Waals surface area (Å²) >= 11 is 0. The molecule has 0 spiro atoms. The van der Waals surface area contributed by atoms with Crippen LogP contribution in [0.5, 0.6) is 0 Å². The van der Waals surface area contributed by atoms with E-state index in [9.17, 15) is 17.6 Å². The minimum atomic E-state index is -4.49. The number of nitrogens with one attached hydrogen (secondary N) is 1. The fraction of sp³-hybridized carbons (Fsp3) is 0.538.